The first-order chi connectivity index (χ1) is 10.1. The lowest BCUT2D eigenvalue weighted by molar-refractivity contribution is 0.922. The number of hydrogen-bond donors (Lipinski definition) is 1. The summed E-state index contributed by atoms with van der Waals surface area (Å²) in [6.07, 6.45) is 0. The molecule has 1 heterocycles. The van der Waals surface area contributed by atoms with E-state index in [-0.39, 0.29) is 10.8 Å². The average Bonchev–Trinajstić information content (AvgIpc) is 2.49. The molecule has 0 fully saturated rings. The number of nitrogens with one attached hydrogen (secondary N) is 1. The molecule has 0 aliphatic heterocycles. The highest BCUT2D eigenvalue weighted by Gasteiger charge is 2.12. The third kappa shape index (κ3) is 3.19. The van der Waals surface area contributed by atoms with Crippen molar-refractivity contribution in [2.75, 3.05) is 0 Å². The van der Waals surface area contributed by atoms with E-state index >= 15 is 0 Å². The molecule has 1 unspecified atom stereocenters. The van der Waals surface area contributed by atoms with Crippen LogP contribution in [0.25, 0.3) is 10.9 Å². The summed E-state index contributed by atoms with van der Waals surface area (Å²) in [7, 11) is 0. The van der Waals surface area contributed by atoms with Gasteiger partial charge >= 0.3 is 0 Å². The smallest absolute Gasteiger partial charge is 0.258 e. The largest absolute Gasteiger partial charge is 0.309 e. The topological polar surface area (TPSA) is 45.8 Å². The highest BCUT2D eigenvalue weighted by atomic mass is 79.9. The van der Waals surface area contributed by atoms with Gasteiger partial charge in [0.2, 0.25) is 0 Å². The molecule has 0 saturated heterocycles. The van der Waals surface area contributed by atoms with E-state index in [0.29, 0.717) is 11.2 Å². The Kier molecular flexibility index (Phi) is 4.12. The number of H-pyrrole nitrogens is 1. The fraction of sp³-hybridized carbons (Fsp3) is 0.125. The molecular weight excluding hydrogens is 348 g/mol. The lowest BCUT2D eigenvalue weighted by Gasteiger charge is -2.11. The minimum atomic E-state index is -0.0844. The van der Waals surface area contributed by atoms with Crippen LogP contribution in [0.4, 0.5) is 0 Å². The number of benzene rings is 2. The van der Waals surface area contributed by atoms with E-state index in [1.807, 2.05) is 49.4 Å². The summed E-state index contributed by atoms with van der Waals surface area (Å²) in [6, 6.07) is 15.5. The van der Waals surface area contributed by atoms with Crippen LogP contribution in [0, 0.1) is 0 Å². The molecule has 1 atom stereocenters. The summed E-state index contributed by atoms with van der Waals surface area (Å²) in [4.78, 5) is 20.7. The second kappa shape index (κ2) is 6.03. The number of para-hydroxylation sites is 1. The Balaban J connectivity index is 1.92. The average molecular weight is 361 g/mol. The summed E-state index contributed by atoms with van der Waals surface area (Å²) in [5, 5.41) is 0.700. The molecule has 0 aliphatic carbocycles. The van der Waals surface area contributed by atoms with Crippen LogP contribution in [0.5, 0.6) is 0 Å². The van der Waals surface area contributed by atoms with Crippen LogP contribution >= 0.6 is 27.7 Å². The molecule has 0 amide bonds. The fourth-order valence-electron chi connectivity index (χ4n) is 2.07. The quantitative estimate of drug-likeness (QED) is 0.697. The van der Waals surface area contributed by atoms with Crippen molar-refractivity contribution >= 4 is 38.6 Å². The van der Waals surface area contributed by atoms with Crippen molar-refractivity contribution in [1.82, 2.24) is 9.97 Å². The first kappa shape index (κ1) is 14.4. The minimum Gasteiger partial charge on any atom is -0.309 e. The standard InChI is InChI=1S/C16H13BrN2OS/c1-10(21-12-8-6-11(17)7-9-12)15-18-14-5-3-2-4-13(14)16(20)19-15/h2-10H,1H3,(H,18,19,20). The van der Waals surface area contributed by atoms with Crippen LogP contribution < -0.4 is 5.56 Å². The van der Waals surface area contributed by atoms with Crippen LogP contribution in [0.3, 0.4) is 0 Å². The summed E-state index contributed by atoms with van der Waals surface area (Å²) < 4.78 is 1.05. The first-order valence-electron chi connectivity index (χ1n) is 6.54. The molecule has 3 nitrogen and oxygen atoms in total. The van der Waals surface area contributed by atoms with Gasteiger partial charge in [-0.25, -0.2) is 4.98 Å². The summed E-state index contributed by atoms with van der Waals surface area (Å²) >= 11 is 5.09. The number of aromatic amines is 1. The van der Waals surface area contributed by atoms with Gasteiger partial charge in [0.25, 0.3) is 5.56 Å². The third-order valence-corrected chi connectivity index (χ3v) is 4.79. The molecule has 106 valence electrons. The van der Waals surface area contributed by atoms with Crippen molar-refractivity contribution in [3.05, 3.63) is 69.2 Å². The molecule has 0 aliphatic rings. The molecule has 0 bridgehead atoms. The van der Waals surface area contributed by atoms with Crippen LogP contribution in [-0.4, -0.2) is 9.97 Å². The van der Waals surface area contributed by atoms with Crippen molar-refractivity contribution in [2.45, 2.75) is 17.1 Å². The Morgan fingerprint density at radius 1 is 1.14 bits per heavy atom. The van der Waals surface area contributed by atoms with E-state index in [1.54, 1.807) is 17.8 Å². The maximum atomic E-state index is 12.1. The lowest BCUT2D eigenvalue weighted by Crippen LogP contribution is -2.12. The molecule has 0 spiro atoms. The highest BCUT2D eigenvalue weighted by Crippen LogP contribution is 2.33. The normalized spacial score (nSPS) is 12.5. The number of nitrogens with zero attached hydrogens (tertiary/aromatic N) is 1. The van der Waals surface area contributed by atoms with Crippen LogP contribution in [0.2, 0.25) is 0 Å². The van der Waals surface area contributed by atoms with Crippen LogP contribution in [0.15, 0.2) is 62.7 Å². The Morgan fingerprint density at radius 3 is 2.62 bits per heavy atom. The van der Waals surface area contributed by atoms with Crippen LogP contribution in [-0.2, 0) is 0 Å². The summed E-state index contributed by atoms with van der Waals surface area (Å²) in [5.41, 5.74) is 0.651. The van der Waals surface area contributed by atoms with E-state index < -0.39 is 0 Å². The second-order valence-electron chi connectivity index (χ2n) is 4.68. The van der Waals surface area contributed by atoms with Crippen molar-refractivity contribution < 1.29 is 0 Å². The molecule has 3 aromatic rings. The predicted octanol–water partition coefficient (Wildman–Crippen LogP) is 4.54. The predicted molar refractivity (Wildman–Crippen MR) is 90.8 cm³/mol. The minimum absolute atomic E-state index is 0.0727. The van der Waals surface area contributed by atoms with E-state index in [0.717, 1.165) is 14.9 Å². The zero-order valence-corrected chi connectivity index (χ0v) is 13.7. The fourth-order valence-corrected chi connectivity index (χ4v) is 3.26. The van der Waals surface area contributed by atoms with Gasteiger partial charge in [0.15, 0.2) is 0 Å². The van der Waals surface area contributed by atoms with Gasteiger partial charge < -0.3 is 4.98 Å². The van der Waals surface area contributed by atoms with Gasteiger partial charge in [0, 0.05) is 9.37 Å². The highest BCUT2D eigenvalue weighted by molar-refractivity contribution is 9.10. The summed E-state index contributed by atoms with van der Waals surface area (Å²) in [6.45, 7) is 2.04. The number of thioether (sulfide) groups is 1. The van der Waals surface area contributed by atoms with Gasteiger partial charge in [-0.3, -0.25) is 4.79 Å². The van der Waals surface area contributed by atoms with Gasteiger partial charge in [0.05, 0.1) is 16.2 Å². The van der Waals surface area contributed by atoms with Crippen molar-refractivity contribution in [1.29, 1.82) is 0 Å². The van der Waals surface area contributed by atoms with E-state index in [4.69, 9.17) is 0 Å². The monoisotopic (exact) mass is 360 g/mol. The number of hydrogen-bond acceptors (Lipinski definition) is 3. The van der Waals surface area contributed by atoms with Crippen molar-refractivity contribution in [2.24, 2.45) is 0 Å². The van der Waals surface area contributed by atoms with Crippen molar-refractivity contribution in [3.63, 3.8) is 0 Å². The SMILES string of the molecule is CC(Sc1ccc(Br)cc1)c1nc2ccccc2c(=O)[nH]1. The van der Waals surface area contributed by atoms with Gasteiger partial charge in [-0.1, -0.05) is 28.1 Å². The number of aromatic nitrogens is 2. The number of rotatable bonds is 3. The maximum Gasteiger partial charge on any atom is 0.258 e. The van der Waals surface area contributed by atoms with Gasteiger partial charge in [0.1, 0.15) is 5.82 Å². The van der Waals surface area contributed by atoms with Gasteiger partial charge in [-0.05, 0) is 43.3 Å². The molecule has 1 N–H and O–H groups in total. The molecule has 0 saturated carbocycles. The molecular formula is C16H13BrN2OS. The zero-order chi connectivity index (χ0) is 14.8. The zero-order valence-electron chi connectivity index (χ0n) is 11.3. The Hall–Kier alpha value is -1.59. The molecule has 1 aromatic heterocycles. The Labute approximate surface area is 134 Å². The van der Waals surface area contributed by atoms with Gasteiger partial charge in [-0.15, -0.1) is 11.8 Å². The molecule has 3 rings (SSSR count). The van der Waals surface area contributed by atoms with Crippen LogP contribution in [0.1, 0.15) is 18.0 Å². The molecule has 5 heteroatoms. The second-order valence-corrected chi connectivity index (χ2v) is 7.01. The van der Waals surface area contributed by atoms with E-state index in [2.05, 4.69) is 25.9 Å². The molecule has 21 heavy (non-hydrogen) atoms. The number of fused-ring (bicyclic) bond motifs is 1. The van der Waals surface area contributed by atoms with E-state index in [9.17, 15) is 4.79 Å². The Morgan fingerprint density at radius 2 is 1.86 bits per heavy atom. The third-order valence-electron chi connectivity index (χ3n) is 3.14. The Bertz CT molecular complexity index is 830. The number of halogens is 1. The van der Waals surface area contributed by atoms with E-state index in [1.165, 1.54) is 0 Å². The van der Waals surface area contributed by atoms with Gasteiger partial charge in [-0.2, -0.15) is 0 Å². The lowest BCUT2D eigenvalue weighted by atomic mass is 10.2. The molecule has 2 aromatic carbocycles. The first-order valence-corrected chi connectivity index (χ1v) is 8.22. The summed E-state index contributed by atoms with van der Waals surface area (Å²) in [5.74, 6) is 0.701. The van der Waals surface area contributed by atoms with Crippen molar-refractivity contribution in [3.8, 4) is 0 Å². The maximum absolute atomic E-state index is 12.1. The molecule has 0 radical (unpaired) electrons.